The second kappa shape index (κ2) is 6.01. The molecule has 4 aromatic rings. The maximum absolute atomic E-state index is 5.09. The van der Waals surface area contributed by atoms with Gasteiger partial charge in [0.2, 0.25) is 0 Å². The van der Waals surface area contributed by atoms with Crippen LogP contribution in [0.25, 0.3) is 22.2 Å². The Hall–Kier alpha value is -2.28. The lowest BCUT2D eigenvalue weighted by atomic mass is 10.3. The molecule has 0 aromatic carbocycles. The summed E-state index contributed by atoms with van der Waals surface area (Å²) in [6.45, 7) is 1.91. The number of fused-ring (bicyclic) bond motifs is 2. The summed E-state index contributed by atoms with van der Waals surface area (Å²) in [4.78, 5) is 16.2. The minimum absolute atomic E-state index is 0.705. The van der Waals surface area contributed by atoms with Crippen molar-refractivity contribution in [3.63, 3.8) is 0 Å². The number of alkyl halides is 1. The van der Waals surface area contributed by atoms with Crippen molar-refractivity contribution in [1.29, 1.82) is 0 Å². The summed E-state index contributed by atoms with van der Waals surface area (Å²) in [6, 6.07) is 3.60. The molecule has 106 valence electrons. The minimum Gasteiger partial charge on any atom is -0.443 e. The minimum atomic E-state index is 0.705. The second-order valence-electron chi connectivity index (χ2n) is 4.19. The van der Waals surface area contributed by atoms with Gasteiger partial charge in [-0.2, -0.15) is 0 Å². The first-order valence-electron chi connectivity index (χ1n) is 6.17. The molecule has 0 radical (unpaired) electrons. The first kappa shape index (κ1) is 13.7. The molecular weight excluding hydrogens is 336 g/mol. The highest BCUT2D eigenvalue weighted by Crippen LogP contribution is 2.16. The molecule has 4 rings (SSSR count). The van der Waals surface area contributed by atoms with Crippen LogP contribution in [0.5, 0.6) is 0 Å². The van der Waals surface area contributed by atoms with E-state index < -0.39 is 0 Å². The van der Waals surface area contributed by atoms with Crippen LogP contribution in [0.3, 0.4) is 0 Å². The van der Waals surface area contributed by atoms with Gasteiger partial charge in [-0.05, 0) is 6.92 Å². The van der Waals surface area contributed by atoms with Gasteiger partial charge >= 0.3 is 0 Å². The summed E-state index contributed by atoms with van der Waals surface area (Å²) in [7, 11) is 0. The van der Waals surface area contributed by atoms with Gasteiger partial charge in [0.25, 0.3) is 0 Å². The Morgan fingerprint density at radius 1 is 0.905 bits per heavy atom. The average molecular weight is 347 g/mol. The van der Waals surface area contributed by atoms with Crippen molar-refractivity contribution < 1.29 is 8.83 Å². The highest BCUT2D eigenvalue weighted by atomic mass is 79.9. The van der Waals surface area contributed by atoms with Crippen LogP contribution in [0, 0.1) is 6.92 Å². The van der Waals surface area contributed by atoms with Crippen LogP contribution in [-0.2, 0) is 5.33 Å². The lowest BCUT2D eigenvalue weighted by Crippen LogP contribution is -1.84. The van der Waals surface area contributed by atoms with Gasteiger partial charge in [-0.3, -0.25) is 9.97 Å². The summed E-state index contributed by atoms with van der Waals surface area (Å²) in [5.74, 6) is 0. The van der Waals surface area contributed by atoms with Crippen LogP contribution in [0.1, 0.15) is 11.4 Å². The Morgan fingerprint density at radius 3 is 2.19 bits per heavy atom. The van der Waals surface area contributed by atoms with Gasteiger partial charge in [0, 0.05) is 29.9 Å². The smallest absolute Gasteiger partial charge is 0.182 e. The lowest BCUT2D eigenvalue weighted by molar-refractivity contribution is 0.601. The lowest BCUT2D eigenvalue weighted by Gasteiger charge is -1.91. The summed E-state index contributed by atoms with van der Waals surface area (Å²) < 4.78 is 10.1. The van der Waals surface area contributed by atoms with E-state index in [9.17, 15) is 0 Å². The predicted octanol–water partition coefficient (Wildman–Crippen LogP) is 3.65. The molecule has 21 heavy (non-hydrogen) atoms. The first-order chi connectivity index (χ1) is 10.3. The normalized spacial score (nSPS) is 10.6. The van der Waals surface area contributed by atoms with E-state index in [1.54, 1.807) is 24.5 Å². The standard InChI is InChI=1S/C7H5BrN2O.C7H6N2O/c8-3-5-7-6(1-2-9-5)11-4-10-7;1-5-7-6(2-3-8-5)10-4-9-7/h1-2,4H,3H2;2-4H,1H3. The molecule has 0 aliphatic rings. The van der Waals surface area contributed by atoms with E-state index in [-0.39, 0.29) is 0 Å². The molecule has 4 heterocycles. The largest absolute Gasteiger partial charge is 0.443 e. The molecule has 7 heteroatoms. The van der Waals surface area contributed by atoms with E-state index in [0.717, 1.165) is 33.6 Å². The van der Waals surface area contributed by atoms with Crippen LogP contribution >= 0.6 is 15.9 Å². The number of halogens is 1. The van der Waals surface area contributed by atoms with Crippen molar-refractivity contribution in [2.45, 2.75) is 12.3 Å². The average Bonchev–Trinajstić information content (AvgIpc) is 3.16. The molecule has 0 bridgehead atoms. The maximum atomic E-state index is 5.09. The molecule has 0 fully saturated rings. The fraction of sp³-hybridized carbons (Fsp3) is 0.143. The van der Waals surface area contributed by atoms with Crippen LogP contribution in [-0.4, -0.2) is 19.9 Å². The molecular formula is C14H11BrN4O2. The molecule has 0 saturated carbocycles. The fourth-order valence-corrected chi connectivity index (χ4v) is 2.28. The number of aromatic nitrogens is 4. The summed E-state index contributed by atoms with van der Waals surface area (Å²) in [5, 5.41) is 0.705. The Labute approximate surface area is 128 Å². The molecule has 0 saturated heterocycles. The zero-order valence-electron chi connectivity index (χ0n) is 11.2. The van der Waals surface area contributed by atoms with Crippen LogP contribution in [0.15, 0.2) is 46.1 Å². The quantitative estimate of drug-likeness (QED) is 0.489. The number of hydrogen-bond acceptors (Lipinski definition) is 6. The van der Waals surface area contributed by atoms with Gasteiger partial charge in [-0.1, -0.05) is 15.9 Å². The van der Waals surface area contributed by atoms with Gasteiger partial charge in [0.1, 0.15) is 11.0 Å². The maximum Gasteiger partial charge on any atom is 0.182 e. The van der Waals surface area contributed by atoms with Gasteiger partial charge < -0.3 is 8.83 Å². The van der Waals surface area contributed by atoms with Gasteiger partial charge in [-0.25, -0.2) is 9.97 Å². The summed E-state index contributed by atoms with van der Waals surface area (Å²) in [5.41, 5.74) is 5.09. The molecule has 6 nitrogen and oxygen atoms in total. The van der Waals surface area contributed by atoms with E-state index in [1.807, 2.05) is 6.92 Å². The van der Waals surface area contributed by atoms with Crippen molar-refractivity contribution in [3.8, 4) is 0 Å². The first-order valence-corrected chi connectivity index (χ1v) is 7.29. The third-order valence-corrected chi connectivity index (χ3v) is 3.41. The third kappa shape index (κ3) is 2.78. The highest BCUT2D eigenvalue weighted by Gasteiger charge is 2.03. The Morgan fingerprint density at radius 2 is 1.52 bits per heavy atom. The Balaban J connectivity index is 0.000000126. The van der Waals surface area contributed by atoms with E-state index >= 15 is 0 Å². The van der Waals surface area contributed by atoms with Crippen molar-refractivity contribution in [2.24, 2.45) is 0 Å². The van der Waals surface area contributed by atoms with Crippen molar-refractivity contribution in [3.05, 3.63) is 48.7 Å². The predicted molar refractivity (Wildman–Crippen MR) is 81.0 cm³/mol. The molecule has 0 N–H and O–H groups in total. The zero-order valence-corrected chi connectivity index (χ0v) is 12.7. The van der Waals surface area contributed by atoms with E-state index in [2.05, 4.69) is 35.9 Å². The molecule has 0 aliphatic heterocycles. The van der Waals surface area contributed by atoms with Crippen molar-refractivity contribution in [2.75, 3.05) is 0 Å². The molecule has 0 atom stereocenters. The van der Waals surface area contributed by atoms with E-state index in [1.165, 1.54) is 12.8 Å². The number of rotatable bonds is 1. The van der Waals surface area contributed by atoms with Crippen molar-refractivity contribution in [1.82, 2.24) is 19.9 Å². The van der Waals surface area contributed by atoms with E-state index in [4.69, 9.17) is 8.83 Å². The Kier molecular flexibility index (Phi) is 3.92. The monoisotopic (exact) mass is 346 g/mol. The Bertz CT molecular complexity index is 871. The number of pyridine rings is 2. The number of aryl methyl sites for hydroxylation is 1. The summed E-state index contributed by atoms with van der Waals surface area (Å²) >= 11 is 3.32. The molecule has 0 amide bonds. The summed E-state index contributed by atoms with van der Waals surface area (Å²) in [6.07, 6.45) is 6.28. The molecule has 0 spiro atoms. The zero-order chi connectivity index (χ0) is 14.7. The van der Waals surface area contributed by atoms with Gasteiger partial charge in [-0.15, -0.1) is 0 Å². The third-order valence-electron chi connectivity index (χ3n) is 2.88. The number of hydrogen-bond donors (Lipinski definition) is 0. The molecule has 0 aliphatic carbocycles. The number of oxazole rings is 2. The second-order valence-corrected chi connectivity index (χ2v) is 4.75. The van der Waals surface area contributed by atoms with Gasteiger partial charge in [0.15, 0.2) is 24.0 Å². The van der Waals surface area contributed by atoms with Crippen molar-refractivity contribution >= 4 is 38.1 Å². The highest BCUT2D eigenvalue weighted by molar-refractivity contribution is 9.08. The fourth-order valence-electron chi connectivity index (χ4n) is 1.87. The number of nitrogens with zero attached hydrogens (tertiary/aromatic N) is 4. The molecule has 4 aromatic heterocycles. The molecule has 0 unspecified atom stereocenters. The van der Waals surface area contributed by atoms with Crippen LogP contribution in [0.4, 0.5) is 0 Å². The van der Waals surface area contributed by atoms with Crippen LogP contribution in [0.2, 0.25) is 0 Å². The SMILES string of the molecule is BrCc1nccc2ocnc12.Cc1nccc2ocnc12. The van der Waals surface area contributed by atoms with E-state index in [0.29, 0.717) is 5.33 Å². The van der Waals surface area contributed by atoms with Gasteiger partial charge in [0.05, 0.1) is 11.4 Å². The topological polar surface area (TPSA) is 77.8 Å². The van der Waals surface area contributed by atoms with Crippen LogP contribution < -0.4 is 0 Å².